The molecule has 3 aromatic rings. The molecule has 0 saturated carbocycles. The van der Waals surface area contributed by atoms with Crippen LogP contribution in [0.4, 0.5) is 0 Å². The van der Waals surface area contributed by atoms with E-state index in [4.69, 9.17) is 9.72 Å². The zero-order valence-electron chi connectivity index (χ0n) is 11.5. The summed E-state index contributed by atoms with van der Waals surface area (Å²) >= 11 is 1.66. The number of ether oxygens (including phenoxy) is 1. The lowest BCUT2D eigenvalue weighted by atomic mass is 10.2. The molecule has 0 fully saturated rings. The van der Waals surface area contributed by atoms with Gasteiger partial charge in [-0.25, -0.2) is 4.98 Å². The maximum Gasteiger partial charge on any atom is 0.124 e. The predicted octanol–water partition coefficient (Wildman–Crippen LogP) is 4.21. The van der Waals surface area contributed by atoms with Crippen LogP contribution in [-0.2, 0) is 7.05 Å². The molecule has 0 amide bonds. The van der Waals surface area contributed by atoms with Gasteiger partial charge >= 0.3 is 0 Å². The fourth-order valence-electron chi connectivity index (χ4n) is 2.11. The van der Waals surface area contributed by atoms with Crippen LogP contribution in [0.5, 0.6) is 5.75 Å². The normalized spacial score (nSPS) is 10.7. The van der Waals surface area contributed by atoms with E-state index in [-0.39, 0.29) is 0 Å². The Balaban J connectivity index is 1.88. The third-order valence-corrected chi connectivity index (χ3v) is 4.01. The van der Waals surface area contributed by atoms with Crippen LogP contribution in [0.1, 0.15) is 6.92 Å². The van der Waals surface area contributed by atoms with Gasteiger partial charge in [0.1, 0.15) is 10.8 Å². The summed E-state index contributed by atoms with van der Waals surface area (Å²) in [5.74, 6) is 0.899. The number of nitrogens with zero attached hydrogens (tertiary/aromatic N) is 2. The lowest BCUT2D eigenvalue weighted by molar-refractivity contribution is 0.340. The van der Waals surface area contributed by atoms with Gasteiger partial charge in [0, 0.05) is 24.2 Å². The standard InChI is InChI=1S/C16H16N2OS/c1-3-19-13-8-6-12(7-9-13)16-17-14(11-20-16)15-5-4-10-18(15)2/h4-11H,3H2,1-2H3. The van der Waals surface area contributed by atoms with Gasteiger partial charge in [-0.15, -0.1) is 11.3 Å². The maximum absolute atomic E-state index is 5.46. The predicted molar refractivity (Wildman–Crippen MR) is 83.1 cm³/mol. The van der Waals surface area contributed by atoms with Crippen molar-refractivity contribution in [3.8, 4) is 27.7 Å². The van der Waals surface area contributed by atoms with Crippen molar-refractivity contribution in [1.29, 1.82) is 0 Å². The molecular formula is C16H16N2OS. The monoisotopic (exact) mass is 284 g/mol. The number of hydrogen-bond donors (Lipinski definition) is 0. The van der Waals surface area contributed by atoms with E-state index in [2.05, 4.69) is 28.1 Å². The first-order valence-electron chi connectivity index (χ1n) is 6.58. The Labute approximate surface area is 122 Å². The van der Waals surface area contributed by atoms with Gasteiger partial charge in [-0.3, -0.25) is 0 Å². The van der Waals surface area contributed by atoms with Gasteiger partial charge in [0.25, 0.3) is 0 Å². The molecule has 20 heavy (non-hydrogen) atoms. The number of aryl methyl sites for hydroxylation is 1. The highest BCUT2D eigenvalue weighted by atomic mass is 32.1. The van der Waals surface area contributed by atoms with E-state index in [0.717, 1.165) is 27.7 Å². The van der Waals surface area contributed by atoms with Crippen molar-refractivity contribution in [2.45, 2.75) is 6.92 Å². The Morgan fingerprint density at radius 3 is 2.65 bits per heavy atom. The molecule has 0 unspecified atom stereocenters. The minimum absolute atomic E-state index is 0.689. The number of benzene rings is 1. The van der Waals surface area contributed by atoms with Gasteiger partial charge in [-0.2, -0.15) is 0 Å². The molecule has 2 heterocycles. The number of hydrogen-bond acceptors (Lipinski definition) is 3. The van der Waals surface area contributed by atoms with Crippen molar-refractivity contribution < 1.29 is 4.74 Å². The molecule has 0 aliphatic carbocycles. The first-order chi connectivity index (χ1) is 9.78. The zero-order chi connectivity index (χ0) is 13.9. The third kappa shape index (κ3) is 2.47. The summed E-state index contributed by atoms with van der Waals surface area (Å²) in [6.45, 7) is 2.68. The molecule has 4 heteroatoms. The molecule has 0 saturated heterocycles. The van der Waals surface area contributed by atoms with E-state index in [1.165, 1.54) is 0 Å². The van der Waals surface area contributed by atoms with Gasteiger partial charge in [0.2, 0.25) is 0 Å². The fourth-order valence-corrected chi connectivity index (χ4v) is 2.93. The van der Waals surface area contributed by atoms with Gasteiger partial charge in [0.05, 0.1) is 18.0 Å². The molecule has 102 valence electrons. The summed E-state index contributed by atoms with van der Waals surface area (Å²) in [6.07, 6.45) is 2.03. The molecule has 2 aromatic heterocycles. The molecule has 0 aliphatic rings. The molecule has 0 spiro atoms. The second kappa shape index (κ2) is 5.51. The molecule has 0 bridgehead atoms. The summed E-state index contributed by atoms with van der Waals surface area (Å²) in [5, 5.41) is 3.13. The molecular weight excluding hydrogens is 268 g/mol. The molecule has 0 atom stereocenters. The lowest BCUT2D eigenvalue weighted by Crippen LogP contribution is -1.91. The van der Waals surface area contributed by atoms with Crippen molar-refractivity contribution in [3.63, 3.8) is 0 Å². The minimum Gasteiger partial charge on any atom is -0.494 e. The van der Waals surface area contributed by atoms with E-state index in [0.29, 0.717) is 6.61 Å². The molecule has 0 radical (unpaired) electrons. The van der Waals surface area contributed by atoms with Crippen LogP contribution in [0.25, 0.3) is 22.0 Å². The molecule has 0 aliphatic heterocycles. The van der Waals surface area contributed by atoms with Crippen LogP contribution < -0.4 is 4.74 Å². The molecule has 3 nitrogen and oxygen atoms in total. The summed E-state index contributed by atoms with van der Waals surface area (Å²) in [6, 6.07) is 12.2. The van der Waals surface area contributed by atoms with Crippen LogP contribution >= 0.6 is 11.3 Å². The van der Waals surface area contributed by atoms with E-state index in [9.17, 15) is 0 Å². The summed E-state index contributed by atoms with van der Waals surface area (Å²) in [7, 11) is 2.03. The Hall–Kier alpha value is -2.07. The average molecular weight is 284 g/mol. The van der Waals surface area contributed by atoms with E-state index < -0.39 is 0 Å². The number of aromatic nitrogens is 2. The number of thiazole rings is 1. The Kier molecular flexibility index (Phi) is 3.56. The van der Waals surface area contributed by atoms with E-state index in [1.54, 1.807) is 11.3 Å². The first-order valence-corrected chi connectivity index (χ1v) is 7.46. The lowest BCUT2D eigenvalue weighted by Gasteiger charge is -2.03. The molecule has 1 aromatic carbocycles. The van der Waals surface area contributed by atoms with Crippen molar-refractivity contribution in [3.05, 3.63) is 48.0 Å². The Morgan fingerprint density at radius 1 is 1.20 bits per heavy atom. The Morgan fingerprint density at radius 2 is 2.00 bits per heavy atom. The van der Waals surface area contributed by atoms with Crippen molar-refractivity contribution in [2.75, 3.05) is 6.61 Å². The first kappa shape index (κ1) is 12.9. The van der Waals surface area contributed by atoms with Crippen LogP contribution in [0.2, 0.25) is 0 Å². The van der Waals surface area contributed by atoms with Crippen molar-refractivity contribution in [2.24, 2.45) is 7.05 Å². The minimum atomic E-state index is 0.689. The fraction of sp³-hybridized carbons (Fsp3) is 0.188. The van der Waals surface area contributed by atoms with Gasteiger partial charge in [-0.05, 0) is 43.3 Å². The van der Waals surface area contributed by atoms with Crippen LogP contribution in [0.3, 0.4) is 0 Å². The van der Waals surface area contributed by atoms with Crippen LogP contribution in [0, 0.1) is 0 Å². The van der Waals surface area contributed by atoms with Gasteiger partial charge in [-0.1, -0.05) is 0 Å². The van der Waals surface area contributed by atoms with Crippen molar-refractivity contribution in [1.82, 2.24) is 9.55 Å². The number of rotatable bonds is 4. The largest absolute Gasteiger partial charge is 0.494 e. The second-order valence-corrected chi connectivity index (χ2v) is 5.36. The molecule has 3 rings (SSSR count). The Bertz CT molecular complexity index is 697. The average Bonchev–Trinajstić information content (AvgIpc) is 3.08. The SMILES string of the molecule is CCOc1ccc(-c2nc(-c3cccn3C)cs2)cc1. The van der Waals surface area contributed by atoms with E-state index >= 15 is 0 Å². The van der Waals surface area contributed by atoms with Gasteiger partial charge < -0.3 is 9.30 Å². The van der Waals surface area contributed by atoms with Crippen molar-refractivity contribution >= 4 is 11.3 Å². The zero-order valence-corrected chi connectivity index (χ0v) is 12.4. The quantitative estimate of drug-likeness (QED) is 0.717. The summed E-state index contributed by atoms with van der Waals surface area (Å²) in [5.41, 5.74) is 3.28. The van der Waals surface area contributed by atoms with Crippen LogP contribution in [-0.4, -0.2) is 16.2 Å². The van der Waals surface area contributed by atoms with E-state index in [1.807, 2.05) is 38.4 Å². The third-order valence-electron chi connectivity index (χ3n) is 3.12. The van der Waals surface area contributed by atoms with Crippen LogP contribution in [0.15, 0.2) is 48.0 Å². The second-order valence-electron chi connectivity index (χ2n) is 4.50. The summed E-state index contributed by atoms with van der Waals surface area (Å²) in [4.78, 5) is 4.72. The van der Waals surface area contributed by atoms with Gasteiger partial charge in [0.15, 0.2) is 0 Å². The molecule has 0 N–H and O–H groups in total. The highest BCUT2D eigenvalue weighted by Crippen LogP contribution is 2.29. The maximum atomic E-state index is 5.46. The highest BCUT2D eigenvalue weighted by Gasteiger charge is 2.08. The topological polar surface area (TPSA) is 27.1 Å². The summed E-state index contributed by atoms with van der Waals surface area (Å²) < 4.78 is 7.54. The highest BCUT2D eigenvalue weighted by molar-refractivity contribution is 7.13. The smallest absolute Gasteiger partial charge is 0.124 e.